The molecule has 0 saturated carbocycles. The van der Waals surface area contributed by atoms with Gasteiger partial charge >= 0.3 is 6.01 Å². The minimum Gasteiger partial charge on any atom is -0.424 e. The molecule has 0 aliphatic carbocycles. The number of aromatic nitrogens is 2. The molecular formula is C11H11BrN2O. The number of imidazole rings is 1. The van der Waals surface area contributed by atoms with Crippen LogP contribution >= 0.6 is 15.9 Å². The lowest BCUT2D eigenvalue weighted by Crippen LogP contribution is -1.97. The molecule has 2 rings (SSSR count). The number of rotatable bonds is 3. The van der Waals surface area contributed by atoms with Gasteiger partial charge < -0.3 is 9.30 Å². The number of hydrogen-bond acceptors (Lipinski definition) is 2. The average Bonchev–Trinajstić information content (AvgIpc) is 2.69. The summed E-state index contributed by atoms with van der Waals surface area (Å²) in [5.74, 6) is 0.776. The average molecular weight is 267 g/mol. The summed E-state index contributed by atoms with van der Waals surface area (Å²) >= 11 is 3.43. The molecule has 2 aromatic rings. The van der Waals surface area contributed by atoms with Crippen LogP contribution in [0.15, 0.2) is 41.1 Å². The van der Waals surface area contributed by atoms with Gasteiger partial charge in [0.1, 0.15) is 5.75 Å². The van der Waals surface area contributed by atoms with Crippen LogP contribution in [0, 0.1) is 0 Å². The molecule has 78 valence electrons. The maximum atomic E-state index is 5.68. The van der Waals surface area contributed by atoms with E-state index in [9.17, 15) is 0 Å². The van der Waals surface area contributed by atoms with Crippen molar-refractivity contribution in [1.29, 1.82) is 0 Å². The van der Waals surface area contributed by atoms with Crippen LogP contribution in [0.2, 0.25) is 0 Å². The first-order chi connectivity index (χ1) is 7.31. The molecule has 15 heavy (non-hydrogen) atoms. The van der Waals surface area contributed by atoms with E-state index in [0.29, 0.717) is 6.01 Å². The molecule has 0 unspecified atom stereocenters. The summed E-state index contributed by atoms with van der Waals surface area (Å²) in [6.07, 6.45) is 3.63. The van der Waals surface area contributed by atoms with E-state index in [1.54, 1.807) is 6.20 Å². The topological polar surface area (TPSA) is 27.1 Å². The van der Waals surface area contributed by atoms with Crippen LogP contribution < -0.4 is 4.74 Å². The third-order valence-corrected chi connectivity index (χ3v) is 2.71. The lowest BCUT2D eigenvalue weighted by molar-refractivity contribution is 0.413. The quantitative estimate of drug-likeness (QED) is 0.851. The Kier molecular flexibility index (Phi) is 3.06. The molecule has 0 N–H and O–H groups in total. The van der Waals surface area contributed by atoms with E-state index < -0.39 is 0 Å². The Labute approximate surface area is 96.8 Å². The van der Waals surface area contributed by atoms with Gasteiger partial charge in [-0.15, -0.1) is 0 Å². The summed E-state index contributed by atoms with van der Waals surface area (Å²) in [5, 5.41) is 0. The van der Waals surface area contributed by atoms with Gasteiger partial charge in [0.25, 0.3) is 0 Å². The zero-order valence-corrected chi connectivity index (χ0v) is 9.94. The first kappa shape index (κ1) is 10.2. The lowest BCUT2D eigenvalue weighted by atomic mass is 10.3. The fourth-order valence-electron chi connectivity index (χ4n) is 1.27. The Bertz CT molecular complexity index is 453. The second-order valence-electron chi connectivity index (χ2n) is 3.03. The second kappa shape index (κ2) is 4.49. The maximum absolute atomic E-state index is 5.68. The molecule has 0 aliphatic rings. The third kappa shape index (κ3) is 2.21. The number of para-hydroxylation sites is 1. The summed E-state index contributed by atoms with van der Waals surface area (Å²) in [6, 6.07) is 8.33. The Morgan fingerprint density at radius 3 is 2.93 bits per heavy atom. The SMILES string of the molecule is CCn1ccnc1Oc1ccccc1Br. The fraction of sp³-hybridized carbons (Fsp3) is 0.182. The molecule has 0 amide bonds. The van der Waals surface area contributed by atoms with Gasteiger partial charge in [-0.25, -0.2) is 4.98 Å². The van der Waals surface area contributed by atoms with Gasteiger partial charge in [-0.2, -0.15) is 0 Å². The molecule has 1 heterocycles. The Balaban J connectivity index is 2.26. The molecule has 1 aromatic carbocycles. The van der Waals surface area contributed by atoms with Gasteiger partial charge in [0.2, 0.25) is 0 Å². The molecule has 0 aliphatic heterocycles. The van der Waals surface area contributed by atoms with E-state index in [-0.39, 0.29) is 0 Å². The number of benzene rings is 1. The van der Waals surface area contributed by atoms with Crippen molar-refractivity contribution in [2.75, 3.05) is 0 Å². The zero-order chi connectivity index (χ0) is 10.7. The molecule has 0 bridgehead atoms. The summed E-state index contributed by atoms with van der Waals surface area (Å²) in [6.45, 7) is 2.90. The van der Waals surface area contributed by atoms with E-state index in [0.717, 1.165) is 16.8 Å². The van der Waals surface area contributed by atoms with Crippen molar-refractivity contribution in [2.45, 2.75) is 13.5 Å². The van der Waals surface area contributed by atoms with E-state index in [1.807, 2.05) is 35.0 Å². The number of ether oxygens (including phenoxy) is 1. The molecule has 0 atom stereocenters. The molecule has 0 fully saturated rings. The fourth-order valence-corrected chi connectivity index (χ4v) is 1.63. The summed E-state index contributed by atoms with van der Waals surface area (Å²) < 4.78 is 8.55. The zero-order valence-electron chi connectivity index (χ0n) is 8.35. The molecule has 0 spiro atoms. The highest BCUT2D eigenvalue weighted by Crippen LogP contribution is 2.28. The molecule has 0 radical (unpaired) electrons. The molecule has 0 saturated heterocycles. The second-order valence-corrected chi connectivity index (χ2v) is 3.88. The van der Waals surface area contributed by atoms with E-state index in [1.165, 1.54) is 0 Å². The van der Waals surface area contributed by atoms with Crippen LogP contribution in [0.5, 0.6) is 11.8 Å². The van der Waals surface area contributed by atoms with Crippen LogP contribution in [0.4, 0.5) is 0 Å². The number of aryl methyl sites for hydroxylation is 1. The minimum absolute atomic E-state index is 0.615. The Hall–Kier alpha value is -1.29. The largest absolute Gasteiger partial charge is 0.424 e. The smallest absolute Gasteiger partial charge is 0.301 e. The van der Waals surface area contributed by atoms with E-state index in [4.69, 9.17) is 4.74 Å². The first-order valence-electron chi connectivity index (χ1n) is 4.74. The Morgan fingerprint density at radius 1 is 1.40 bits per heavy atom. The summed E-state index contributed by atoms with van der Waals surface area (Å²) in [5.41, 5.74) is 0. The van der Waals surface area contributed by atoms with Crippen molar-refractivity contribution in [3.05, 3.63) is 41.1 Å². The third-order valence-electron chi connectivity index (χ3n) is 2.06. The maximum Gasteiger partial charge on any atom is 0.301 e. The highest BCUT2D eigenvalue weighted by atomic mass is 79.9. The van der Waals surface area contributed by atoms with Crippen molar-refractivity contribution in [1.82, 2.24) is 9.55 Å². The van der Waals surface area contributed by atoms with Crippen molar-refractivity contribution in [3.63, 3.8) is 0 Å². The van der Waals surface area contributed by atoms with Gasteiger partial charge in [-0.05, 0) is 35.0 Å². The molecule has 3 nitrogen and oxygen atoms in total. The van der Waals surface area contributed by atoms with Crippen LogP contribution in [-0.4, -0.2) is 9.55 Å². The predicted molar refractivity (Wildman–Crippen MR) is 62.1 cm³/mol. The number of nitrogens with zero attached hydrogens (tertiary/aromatic N) is 2. The monoisotopic (exact) mass is 266 g/mol. The minimum atomic E-state index is 0.615. The van der Waals surface area contributed by atoms with Crippen molar-refractivity contribution < 1.29 is 4.74 Å². The van der Waals surface area contributed by atoms with Gasteiger partial charge in [0.05, 0.1) is 4.47 Å². The highest BCUT2D eigenvalue weighted by molar-refractivity contribution is 9.10. The van der Waals surface area contributed by atoms with Crippen LogP contribution in [0.3, 0.4) is 0 Å². The van der Waals surface area contributed by atoms with Crippen molar-refractivity contribution >= 4 is 15.9 Å². The number of halogens is 1. The molecular weight excluding hydrogens is 256 g/mol. The van der Waals surface area contributed by atoms with Gasteiger partial charge in [0.15, 0.2) is 0 Å². The van der Waals surface area contributed by atoms with Gasteiger partial charge in [-0.3, -0.25) is 0 Å². The predicted octanol–water partition coefficient (Wildman–Crippen LogP) is 3.46. The van der Waals surface area contributed by atoms with E-state index in [2.05, 4.69) is 27.8 Å². The van der Waals surface area contributed by atoms with Gasteiger partial charge in [0, 0.05) is 18.9 Å². The molecule has 4 heteroatoms. The summed E-state index contributed by atoms with van der Waals surface area (Å²) in [4.78, 5) is 4.14. The lowest BCUT2D eigenvalue weighted by Gasteiger charge is -2.07. The normalized spacial score (nSPS) is 10.3. The van der Waals surface area contributed by atoms with Crippen molar-refractivity contribution in [3.8, 4) is 11.8 Å². The van der Waals surface area contributed by atoms with Crippen LogP contribution in [-0.2, 0) is 6.54 Å². The van der Waals surface area contributed by atoms with Crippen LogP contribution in [0.25, 0.3) is 0 Å². The van der Waals surface area contributed by atoms with Gasteiger partial charge in [-0.1, -0.05) is 12.1 Å². The summed E-state index contributed by atoms with van der Waals surface area (Å²) in [7, 11) is 0. The number of hydrogen-bond donors (Lipinski definition) is 0. The van der Waals surface area contributed by atoms with Crippen LogP contribution in [0.1, 0.15) is 6.92 Å². The highest BCUT2D eigenvalue weighted by Gasteiger charge is 2.05. The first-order valence-corrected chi connectivity index (χ1v) is 5.54. The Morgan fingerprint density at radius 2 is 2.20 bits per heavy atom. The van der Waals surface area contributed by atoms with Crippen molar-refractivity contribution in [2.24, 2.45) is 0 Å². The standard InChI is InChI=1S/C11H11BrN2O/c1-2-14-8-7-13-11(14)15-10-6-4-3-5-9(10)12/h3-8H,2H2,1H3. The molecule has 1 aromatic heterocycles. The van der Waals surface area contributed by atoms with E-state index >= 15 is 0 Å².